The molecule has 0 atom stereocenters. The Bertz CT molecular complexity index is 680. The van der Waals surface area contributed by atoms with Crippen LogP contribution in [0.2, 0.25) is 0 Å². The van der Waals surface area contributed by atoms with Gasteiger partial charge in [0.05, 0.1) is 6.54 Å². The van der Waals surface area contributed by atoms with Gasteiger partial charge in [-0.1, -0.05) is 12.1 Å². The second-order valence-electron chi connectivity index (χ2n) is 6.17. The van der Waals surface area contributed by atoms with Crippen molar-refractivity contribution in [1.29, 1.82) is 0 Å². The summed E-state index contributed by atoms with van der Waals surface area (Å²) in [4.78, 5) is 14.1. The highest BCUT2D eigenvalue weighted by Crippen LogP contribution is 2.22. The van der Waals surface area contributed by atoms with Crippen molar-refractivity contribution in [3.05, 3.63) is 63.5 Å². The highest BCUT2D eigenvalue weighted by Gasteiger charge is 2.23. The molecule has 0 saturated heterocycles. The van der Waals surface area contributed by atoms with Crippen LogP contribution in [0.4, 0.5) is 14.9 Å². The van der Waals surface area contributed by atoms with Crippen LogP contribution in [-0.2, 0) is 11.3 Å². The number of nitrogens with zero attached hydrogens (tertiary/aromatic N) is 1. The summed E-state index contributed by atoms with van der Waals surface area (Å²) in [6, 6.07) is 13.7. The minimum absolute atomic E-state index is 0.341. The Hall–Kier alpha value is -1.63. The normalized spacial score (nSPS) is 11.2. The summed E-state index contributed by atoms with van der Waals surface area (Å²) >= 11 is 2.23. The maximum Gasteiger partial charge on any atom is 0.415 e. The quantitative estimate of drug-likeness (QED) is 0.617. The minimum atomic E-state index is -0.597. The molecule has 0 heterocycles. The van der Waals surface area contributed by atoms with Gasteiger partial charge in [-0.05, 0) is 85.3 Å². The first kappa shape index (κ1) is 17.7. The number of amides is 1. The zero-order chi connectivity index (χ0) is 17.0. The number of carbonyl (C=O) groups excluding carboxylic acids is 1. The van der Waals surface area contributed by atoms with Gasteiger partial charge in [-0.15, -0.1) is 0 Å². The van der Waals surface area contributed by atoms with Gasteiger partial charge in [-0.3, -0.25) is 4.90 Å². The first-order valence-electron chi connectivity index (χ1n) is 7.25. The molecular weight excluding hydrogens is 408 g/mol. The molecule has 0 saturated carbocycles. The van der Waals surface area contributed by atoms with Gasteiger partial charge in [-0.2, -0.15) is 0 Å². The molecule has 122 valence electrons. The van der Waals surface area contributed by atoms with Gasteiger partial charge in [-0.25, -0.2) is 9.18 Å². The smallest absolute Gasteiger partial charge is 0.415 e. The van der Waals surface area contributed by atoms with E-state index in [9.17, 15) is 9.18 Å². The molecule has 23 heavy (non-hydrogen) atoms. The Morgan fingerprint density at radius 1 is 1.17 bits per heavy atom. The Kier molecular flexibility index (Phi) is 5.62. The fraction of sp³-hybridized carbons (Fsp3) is 0.278. The van der Waals surface area contributed by atoms with Crippen molar-refractivity contribution >= 4 is 34.4 Å². The number of rotatable bonds is 3. The van der Waals surface area contributed by atoms with Crippen LogP contribution in [0.25, 0.3) is 0 Å². The van der Waals surface area contributed by atoms with E-state index in [2.05, 4.69) is 22.6 Å². The molecule has 2 aromatic carbocycles. The standard InChI is InChI=1S/C18H19FINO2/c1-18(2,3)23-17(22)21(16-9-7-14(19)8-10-16)12-13-5-4-6-15(20)11-13/h4-11H,12H2,1-3H3. The van der Waals surface area contributed by atoms with E-state index in [1.54, 1.807) is 12.1 Å². The molecule has 5 heteroatoms. The van der Waals surface area contributed by atoms with Crippen LogP contribution in [-0.4, -0.2) is 11.7 Å². The Labute approximate surface area is 149 Å². The monoisotopic (exact) mass is 427 g/mol. The van der Waals surface area contributed by atoms with Crippen molar-refractivity contribution in [3.63, 3.8) is 0 Å². The predicted molar refractivity (Wildman–Crippen MR) is 98.0 cm³/mol. The van der Waals surface area contributed by atoms with Gasteiger partial charge in [0.15, 0.2) is 0 Å². The molecule has 0 unspecified atom stereocenters. The molecular formula is C18H19FINO2. The van der Waals surface area contributed by atoms with Crippen LogP contribution in [0.1, 0.15) is 26.3 Å². The Morgan fingerprint density at radius 2 is 1.83 bits per heavy atom. The van der Waals surface area contributed by atoms with Crippen molar-refractivity contribution in [2.75, 3.05) is 4.90 Å². The van der Waals surface area contributed by atoms with E-state index in [-0.39, 0.29) is 5.82 Å². The first-order valence-corrected chi connectivity index (χ1v) is 8.33. The highest BCUT2D eigenvalue weighted by atomic mass is 127. The topological polar surface area (TPSA) is 29.5 Å². The van der Waals surface area contributed by atoms with Crippen LogP contribution in [0.15, 0.2) is 48.5 Å². The molecule has 0 fully saturated rings. The second kappa shape index (κ2) is 7.29. The van der Waals surface area contributed by atoms with E-state index in [1.807, 2.05) is 45.0 Å². The van der Waals surface area contributed by atoms with E-state index < -0.39 is 11.7 Å². The average Bonchev–Trinajstić information content (AvgIpc) is 2.44. The van der Waals surface area contributed by atoms with Gasteiger partial charge in [0.1, 0.15) is 11.4 Å². The van der Waals surface area contributed by atoms with Gasteiger partial charge >= 0.3 is 6.09 Å². The molecule has 1 amide bonds. The first-order chi connectivity index (χ1) is 10.7. The van der Waals surface area contributed by atoms with E-state index in [1.165, 1.54) is 17.0 Å². The zero-order valence-electron chi connectivity index (χ0n) is 13.3. The van der Waals surface area contributed by atoms with Crippen molar-refractivity contribution in [3.8, 4) is 0 Å². The van der Waals surface area contributed by atoms with Gasteiger partial charge in [0.25, 0.3) is 0 Å². The molecule has 0 radical (unpaired) electrons. The van der Waals surface area contributed by atoms with Crippen molar-refractivity contribution in [1.82, 2.24) is 0 Å². The predicted octanol–water partition coefficient (Wildman–Crippen LogP) is 5.37. The molecule has 2 aromatic rings. The van der Waals surface area contributed by atoms with E-state index in [0.29, 0.717) is 12.2 Å². The fourth-order valence-electron chi connectivity index (χ4n) is 2.02. The third-order valence-electron chi connectivity index (χ3n) is 2.98. The fourth-order valence-corrected chi connectivity index (χ4v) is 2.62. The largest absolute Gasteiger partial charge is 0.443 e. The number of anilines is 1. The lowest BCUT2D eigenvalue weighted by Crippen LogP contribution is -2.36. The van der Waals surface area contributed by atoms with Crippen LogP contribution >= 0.6 is 22.6 Å². The van der Waals surface area contributed by atoms with E-state index in [4.69, 9.17) is 4.74 Å². The van der Waals surface area contributed by atoms with Crippen molar-refractivity contribution in [2.45, 2.75) is 32.9 Å². The molecule has 0 spiro atoms. The third-order valence-corrected chi connectivity index (χ3v) is 3.65. The summed E-state index contributed by atoms with van der Waals surface area (Å²) in [6.45, 7) is 5.81. The summed E-state index contributed by atoms with van der Waals surface area (Å²) in [5.74, 6) is -0.341. The number of ether oxygens (including phenoxy) is 1. The molecule has 0 bridgehead atoms. The molecule has 0 aliphatic rings. The van der Waals surface area contributed by atoms with Crippen LogP contribution < -0.4 is 4.90 Å². The second-order valence-corrected chi connectivity index (χ2v) is 7.42. The lowest BCUT2D eigenvalue weighted by molar-refractivity contribution is 0.0577. The van der Waals surface area contributed by atoms with E-state index >= 15 is 0 Å². The molecule has 0 N–H and O–H groups in total. The maximum atomic E-state index is 13.2. The van der Waals surface area contributed by atoms with Gasteiger partial charge in [0, 0.05) is 9.26 Å². The summed E-state index contributed by atoms with van der Waals surface area (Å²) in [7, 11) is 0. The maximum absolute atomic E-state index is 13.2. The molecule has 0 aliphatic carbocycles. The number of hydrogen-bond donors (Lipinski definition) is 0. The number of benzene rings is 2. The summed E-state index contributed by atoms with van der Waals surface area (Å²) in [5, 5.41) is 0. The molecule has 0 aromatic heterocycles. The van der Waals surface area contributed by atoms with Crippen LogP contribution in [0.3, 0.4) is 0 Å². The Morgan fingerprint density at radius 3 is 2.39 bits per heavy atom. The third kappa shape index (κ3) is 5.49. The number of halogens is 2. The summed E-state index contributed by atoms with van der Waals surface area (Å²) in [5.41, 5.74) is 0.979. The highest BCUT2D eigenvalue weighted by molar-refractivity contribution is 14.1. The lowest BCUT2D eigenvalue weighted by atomic mass is 10.2. The van der Waals surface area contributed by atoms with Crippen LogP contribution in [0, 0.1) is 9.39 Å². The summed E-state index contributed by atoms with van der Waals surface area (Å²) < 4.78 is 19.7. The minimum Gasteiger partial charge on any atom is -0.443 e. The van der Waals surface area contributed by atoms with E-state index in [0.717, 1.165) is 9.13 Å². The van der Waals surface area contributed by atoms with Crippen molar-refractivity contribution < 1.29 is 13.9 Å². The van der Waals surface area contributed by atoms with Crippen molar-refractivity contribution in [2.24, 2.45) is 0 Å². The molecule has 2 rings (SSSR count). The lowest BCUT2D eigenvalue weighted by Gasteiger charge is -2.27. The number of hydrogen-bond acceptors (Lipinski definition) is 2. The average molecular weight is 427 g/mol. The zero-order valence-corrected chi connectivity index (χ0v) is 15.5. The Balaban J connectivity index is 2.30. The number of carbonyl (C=O) groups is 1. The molecule has 0 aliphatic heterocycles. The van der Waals surface area contributed by atoms with Crippen LogP contribution in [0.5, 0.6) is 0 Å². The summed E-state index contributed by atoms with van der Waals surface area (Å²) in [6.07, 6.45) is -0.456. The molecule has 3 nitrogen and oxygen atoms in total. The van der Waals surface area contributed by atoms with Gasteiger partial charge < -0.3 is 4.74 Å². The van der Waals surface area contributed by atoms with Gasteiger partial charge in [0.2, 0.25) is 0 Å². The SMILES string of the molecule is CC(C)(C)OC(=O)N(Cc1cccc(I)c1)c1ccc(F)cc1.